The Labute approximate surface area is 122 Å². The first-order chi connectivity index (χ1) is 10.1. The molecule has 1 saturated heterocycles. The molecule has 2 N–H and O–H groups in total. The number of aryl methyl sites for hydroxylation is 1. The van der Waals surface area contributed by atoms with Crippen molar-refractivity contribution in [1.29, 1.82) is 0 Å². The molecular weight excluding hydrogens is 268 g/mol. The van der Waals surface area contributed by atoms with E-state index < -0.39 is 0 Å². The van der Waals surface area contributed by atoms with Gasteiger partial charge < -0.3 is 4.57 Å². The predicted octanol–water partition coefficient (Wildman–Crippen LogP) is 1.03. The van der Waals surface area contributed by atoms with Crippen molar-refractivity contribution in [3.05, 3.63) is 30.1 Å². The highest BCUT2D eigenvalue weighted by Crippen LogP contribution is 2.20. The number of benzene rings is 1. The number of carbonyl (C=O) groups is 2. The van der Waals surface area contributed by atoms with Gasteiger partial charge in [-0.1, -0.05) is 12.1 Å². The maximum Gasteiger partial charge on any atom is 0.243 e. The Morgan fingerprint density at radius 3 is 2.86 bits per heavy atom. The molecule has 0 aliphatic carbocycles. The third-order valence-corrected chi connectivity index (χ3v) is 3.90. The van der Waals surface area contributed by atoms with Crippen molar-refractivity contribution in [1.82, 2.24) is 20.2 Å². The van der Waals surface area contributed by atoms with Crippen molar-refractivity contribution in [2.45, 2.75) is 31.8 Å². The molecule has 1 aliphatic heterocycles. The highest BCUT2D eigenvalue weighted by Gasteiger charge is 2.28. The van der Waals surface area contributed by atoms with E-state index in [4.69, 9.17) is 0 Å². The van der Waals surface area contributed by atoms with Gasteiger partial charge in [-0.15, -0.1) is 0 Å². The van der Waals surface area contributed by atoms with E-state index in [2.05, 4.69) is 15.6 Å². The molecule has 2 amide bonds. The topological polar surface area (TPSA) is 76.0 Å². The van der Waals surface area contributed by atoms with Crippen LogP contribution in [0.15, 0.2) is 24.3 Å². The van der Waals surface area contributed by atoms with Crippen LogP contribution in [-0.2, 0) is 16.6 Å². The quantitative estimate of drug-likeness (QED) is 0.826. The number of aromatic nitrogens is 2. The number of hydrogen-bond acceptors (Lipinski definition) is 4. The number of hydrogen-bond donors (Lipinski definition) is 2. The number of piperidine rings is 1. The average molecular weight is 286 g/mol. The molecule has 2 aromatic rings. The van der Waals surface area contributed by atoms with Crippen molar-refractivity contribution in [2.75, 3.05) is 0 Å². The lowest BCUT2D eigenvalue weighted by Gasteiger charge is -2.25. The summed E-state index contributed by atoms with van der Waals surface area (Å²) in [5.41, 5.74) is 2.00. The third-order valence-electron chi connectivity index (χ3n) is 3.90. The largest absolute Gasteiger partial charge is 0.330 e. The maximum atomic E-state index is 11.8. The highest BCUT2D eigenvalue weighted by molar-refractivity contribution is 6.00. The Bertz CT molecular complexity index is 707. The first-order valence-electron chi connectivity index (χ1n) is 7.07. The molecule has 0 spiro atoms. The number of nitrogens with zero attached hydrogens (tertiary/aromatic N) is 2. The Balaban J connectivity index is 1.81. The summed E-state index contributed by atoms with van der Waals surface area (Å²) in [4.78, 5) is 27.6. The smallest absolute Gasteiger partial charge is 0.243 e. The minimum atomic E-state index is -0.350. The minimum absolute atomic E-state index is 0.0775. The summed E-state index contributed by atoms with van der Waals surface area (Å²) >= 11 is 0. The van der Waals surface area contributed by atoms with Crippen LogP contribution in [-0.4, -0.2) is 27.4 Å². The van der Waals surface area contributed by atoms with Gasteiger partial charge in [-0.25, -0.2) is 4.98 Å². The van der Waals surface area contributed by atoms with Crippen LogP contribution in [0.5, 0.6) is 0 Å². The number of imidazole rings is 1. The lowest BCUT2D eigenvalue weighted by atomic mass is 10.1. The summed E-state index contributed by atoms with van der Waals surface area (Å²) in [7, 11) is 1.97. The SMILES string of the molecule is CC(NC1CCC(=O)NC1=O)c1nc2ccccc2n1C. The lowest BCUT2D eigenvalue weighted by molar-refractivity contribution is -0.134. The molecule has 1 aromatic heterocycles. The molecular formula is C15H18N4O2. The zero-order chi connectivity index (χ0) is 15.0. The van der Waals surface area contributed by atoms with Gasteiger partial charge in [-0.05, 0) is 25.5 Å². The number of nitrogens with one attached hydrogen (secondary N) is 2. The molecule has 2 atom stereocenters. The number of imide groups is 1. The van der Waals surface area contributed by atoms with Crippen molar-refractivity contribution < 1.29 is 9.59 Å². The Hall–Kier alpha value is -2.21. The summed E-state index contributed by atoms with van der Waals surface area (Å²) in [6.07, 6.45) is 0.900. The number of rotatable bonds is 3. The van der Waals surface area contributed by atoms with Crippen molar-refractivity contribution in [2.24, 2.45) is 7.05 Å². The van der Waals surface area contributed by atoms with E-state index in [0.29, 0.717) is 12.8 Å². The molecule has 1 fully saturated rings. The monoisotopic (exact) mass is 286 g/mol. The fourth-order valence-corrected chi connectivity index (χ4v) is 2.78. The molecule has 110 valence electrons. The van der Waals surface area contributed by atoms with E-state index in [1.54, 1.807) is 0 Å². The maximum absolute atomic E-state index is 11.8. The van der Waals surface area contributed by atoms with Gasteiger partial charge in [0.05, 0.1) is 23.1 Å². The average Bonchev–Trinajstić information content (AvgIpc) is 2.80. The van der Waals surface area contributed by atoms with Crippen LogP contribution in [0.25, 0.3) is 11.0 Å². The van der Waals surface area contributed by atoms with E-state index in [1.165, 1.54) is 0 Å². The summed E-state index contributed by atoms with van der Waals surface area (Å²) in [5, 5.41) is 5.62. The zero-order valence-electron chi connectivity index (χ0n) is 12.1. The van der Waals surface area contributed by atoms with Crippen LogP contribution in [0, 0.1) is 0 Å². The van der Waals surface area contributed by atoms with Crippen LogP contribution in [0.2, 0.25) is 0 Å². The Kier molecular flexibility index (Phi) is 3.47. The second-order valence-electron chi connectivity index (χ2n) is 5.41. The third kappa shape index (κ3) is 2.54. The van der Waals surface area contributed by atoms with E-state index in [-0.39, 0.29) is 23.9 Å². The van der Waals surface area contributed by atoms with Crippen molar-refractivity contribution >= 4 is 22.8 Å². The van der Waals surface area contributed by atoms with Crippen molar-refractivity contribution in [3.63, 3.8) is 0 Å². The minimum Gasteiger partial charge on any atom is -0.330 e. The van der Waals surface area contributed by atoms with E-state index >= 15 is 0 Å². The van der Waals surface area contributed by atoms with Gasteiger partial charge in [-0.2, -0.15) is 0 Å². The fraction of sp³-hybridized carbons (Fsp3) is 0.400. The molecule has 2 unspecified atom stereocenters. The molecule has 3 rings (SSSR count). The van der Waals surface area contributed by atoms with Crippen LogP contribution < -0.4 is 10.6 Å². The standard InChI is InChI=1S/C15H18N4O2/c1-9(16-11-7-8-13(20)18-15(11)21)14-17-10-5-3-4-6-12(10)19(14)2/h3-6,9,11,16H,7-8H2,1-2H3,(H,18,20,21). The fourth-order valence-electron chi connectivity index (χ4n) is 2.78. The first kappa shape index (κ1) is 13.8. The van der Waals surface area contributed by atoms with Gasteiger partial charge >= 0.3 is 0 Å². The molecule has 0 saturated carbocycles. The molecule has 21 heavy (non-hydrogen) atoms. The van der Waals surface area contributed by atoms with E-state index in [9.17, 15) is 9.59 Å². The molecule has 0 bridgehead atoms. The van der Waals surface area contributed by atoms with Crippen molar-refractivity contribution in [3.8, 4) is 0 Å². The van der Waals surface area contributed by atoms with Crippen LogP contribution in [0.1, 0.15) is 31.6 Å². The van der Waals surface area contributed by atoms with E-state index in [1.807, 2.05) is 42.8 Å². The molecule has 1 aliphatic rings. The van der Waals surface area contributed by atoms with Crippen LogP contribution in [0.3, 0.4) is 0 Å². The number of carbonyl (C=O) groups excluding carboxylic acids is 2. The highest BCUT2D eigenvalue weighted by atomic mass is 16.2. The lowest BCUT2D eigenvalue weighted by Crippen LogP contribution is -2.51. The van der Waals surface area contributed by atoms with Gasteiger partial charge in [0.2, 0.25) is 11.8 Å². The summed E-state index contributed by atoms with van der Waals surface area (Å²) < 4.78 is 2.03. The van der Waals surface area contributed by atoms with Crippen LogP contribution in [0.4, 0.5) is 0 Å². The van der Waals surface area contributed by atoms with Crippen LogP contribution >= 0.6 is 0 Å². The molecule has 0 radical (unpaired) electrons. The zero-order valence-corrected chi connectivity index (χ0v) is 12.1. The summed E-state index contributed by atoms with van der Waals surface area (Å²) in [6.45, 7) is 1.98. The molecule has 2 heterocycles. The van der Waals surface area contributed by atoms with Gasteiger partial charge in [0.1, 0.15) is 5.82 Å². The van der Waals surface area contributed by atoms with Gasteiger partial charge in [0.25, 0.3) is 0 Å². The number of para-hydroxylation sites is 2. The first-order valence-corrected chi connectivity index (χ1v) is 7.07. The number of amides is 2. The normalized spacial score (nSPS) is 20.6. The molecule has 6 nitrogen and oxygen atoms in total. The molecule has 1 aromatic carbocycles. The van der Waals surface area contributed by atoms with Gasteiger partial charge in [-0.3, -0.25) is 20.2 Å². The second kappa shape index (κ2) is 5.29. The van der Waals surface area contributed by atoms with Gasteiger partial charge in [0.15, 0.2) is 0 Å². The Morgan fingerprint density at radius 1 is 1.38 bits per heavy atom. The molecule has 6 heteroatoms. The Morgan fingerprint density at radius 2 is 2.14 bits per heavy atom. The summed E-state index contributed by atoms with van der Waals surface area (Å²) in [5.74, 6) is 0.422. The predicted molar refractivity (Wildman–Crippen MR) is 78.4 cm³/mol. The summed E-state index contributed by atoms with van der Waals surface area (Å²) in [6, 6.07) is 7.50. The van der Waals surface area contributed by atoms with Gasteiger partial charge in [0, 0.05) is 13.5 Å². The second-order valence-corrected chi connectivity index (χ2v) is 5.41. The number of fused-ring (bicyclic) bond motifs is 1. The van der Waals surface area contributed by atoms with E-state index in [0.717, 1.165) is 16.9 Å².